The van der Waals surface area contributed by atoms with E-state index in [4.69, 9.17) is 4.42 Å². The van der Waals surface area contributed by atoms with Gasteiger partial charge >= 0.3 is 0 Å². The van der Waals surface area contributed by atoms with Crippen LogP contribution in [0.2, 0.25) is 0 Å². The van der Waals surface area contributed by atoms with Gasteiger partial charge in [-0.15, -0.1) is 0 Å². The van der Waals surface area contributed by atoms with Gasteiger partial charge in [0.2, 0.25) is 0 Å². The van der Waals surface area contributed by atoms with E-state index in [0.29, 0.717) is 17.0 Å². The fraction of sp³-hybridized carbons (Fsp3) is 0.0870. The first-order valence-electron chi connectivity index (χ1n) is 9.26. The van der Waals surface area contributed by atoms with Crippen LogP contribution in [0.4, 0.5) is 0 Å². The smallest absolute Gasteiger partial charge is 0.266 e. The molecule has 4 rings (SSSR count). The van der Waals surface area contributed by atoms with Crippen molar-refractivity contribution in [2.45, 2.75) is 6.54 Å². The summed E-state index contributed by atoms with van der Waals surface area (Å²) < 4.78 is 6.63. The molecule has 29 heavy (non-hydrogen) atoms. The summed E-state index contributed by atoms with van der Waals surface area (Å²) in [5.41, 5.74) is 3.04. The Hall–Kier alpha value is -3.93. The first-order chi connectivity index (χ1) is 14.2. The second-order valence-corrected chi connectivity index (χ2v) is 6.46. The highest BCUT2D eigenvalue weighted by Gasteiger charge is 2.08. The third-order valence-corrected chi connectivity index (χ3v) is 4.50. The monoisotopic (exact) mass is 385 g/mol. The van der Waals surface area contributed by atoms with Crippen LogP contribution in [-0.4, -0.2) is 22.2 Å². The van der Waals surface area contributed by atoms with Crippen molar-refractivity contribution in [2.75, 3.05) is 6.54 Å². The molecule has 6 nitrogen and oxygen atoms in total. The molecule has 1 amide bonds. The van der Waals surface area contributed by atoms with Gasteiger partial charge in [0, 0.05) is 18.2 Å². The van der Waals surface area contributed by atoms with Crippen molar-refractivity contribution in [2.24, 2.45) is 0 Å². The predicted molar refractivity (Wildman–Crippen MR) is 110 cm³/mol. The predicted octanol–water partition coefficient (Wildman–Crippen LogP) is 3.60. The molecular formula is C23H19N3O3. The average molecular weight is 385 g/mol. The summed E-state index contributed by atoms with van der Waals surface area (Å²) in [5.74, 6) is 0.390. The highest BCUT2D eigenvalue weighted by molar-refractivity contribution is 5.94. The Kier molecular flexibility index (Phi) is 5.33. The molecule has 2 aromatic carbocycles. The standard InChI is InChI=1S/C23H19N3O3/c27-22-13-12-20(21-7-4-16-29-21)25-26(22)15-14-24-23(28)19-10-8-18(9-11-19)17-5-2-1-3-6-17/h1-13,16H,14-15H2,(H,24,28). The minimum atomic E-state index is -0.234. The minimum absolute atomic E-state index is 0.195. The SMILES string of the molecule is O=C(NCCn1nc(-c2ccco2)ccc1=O)c1ccc(-c2ccccc2)cc1. The number of hydrogen-bond donors (Lipinski definition) is 1. The minimum Gasteiger partial charge on any atom is -0.463 e. The first kappa shape index (κ1) is 18.4. The van der Waals surface area contributed by atoms with Gasteiger partial charge in [-0.2, -0.15) is 5.10 Å². The zero-order valence-corrected chi connectivity index (χ0v) is 15.6. The summed E-state index contributed by atoms with van der Waals surface area (Å²) in [7, 11) is 0. The zero-order chi connectivity index (χ0) is 20.1. The number of carbonyl (C=O) groups is 1. The van der Waals surface area contributed by atoms with E-state index in [9.17, 15) is 9.59 Å². The summed E-state index contributed by atoms with van der Waals surface area (Å²) in [5, 5.41) is 7.11. The van der Waals surface area contributed by atoms with Crippen LogP contribution in [0.15, 0.2) is 94.3 Å². The first-order valence-corrected chi connectivity index (χ1v) is 9.26. The van der Waals surface area contributed by atoms with Crippen molar-refractivity contribution >= 4 is 5.91 Å². The molecule has 0 bridgehead atoms. The number of nitrogens with one attached hydrogen (secondary N) is 1. The number of furan rings is 1. The van der Waals surface area contributed by atoms with E-state index >= 15 is 0 Å². The lowest BCUT2D eigenvalue weighted by Gasteiger charge is -2.08. The summed E-state index contributed by atoms with van der Waals surface area (Å²) in [6.07, 6.45) is 1.55. The van der Waals surface area contributed by atoms with E-state index in [1.54, 1.807) is 36.6 Å². The van der Waals surface area contributed by atoms with Crippen LogP contribution in [-0.2, 0) is 6.54 Å². The molecule has 6 heteroatoms. The van der Waals surface area contributed by atoms with Gasteiger partial charge in [0.05, 0.1) is 12.8 Å². The Morgan fingerprint density at radius 1 is 0.897 bits per heavy atom. The second-order valence-electron chi connectivity index (χ2n) is 6.46. The fourth-order valence-corrected chi connectivity index (χ4v) is 2.99. The van der Waals surface area contributed by atoms with E-state index in [1.165, 1.54) is 10.7 Å². The number of hydrogen-bond acceptors (Lipinski definition) is 4. The number of aromatic nitrogens is 2. The zero-order valence-electron chi connectivity index (χ0n) is 15.6. The lowest BCUT2D eigenvalue weighted by atomic mass is 10.0. The Bertz CT molecular complexity index is 1150. The van der Waals surface area contributed by atoms with E-state index in [1.807, 2.05) is 42.5 Å². The van der Waals surface area contributed by atoms with Crippen molar-refractivity contribution < 1.29 is 9.21 Å². The van der Waals surface area contributed by atoms with Crippen LogP contribution in [0.1, 0.15) is 10.4 Å². The summed E-state index contributed by atoms with van der Waals surface area (Å²) >= 11 is 0. The third-order valence-electron chi connectivity index (χ3n) is 4.50. The average Bonchev–Trinajstić information content (AvgIpc) is 3.31. The molecule has 144 valence electrons. The van der Waals surface area contributed by atoms with Crippen molar-refractivity contribution in [3.63, 3.8) is 0 Å². The molecule has 0 unspecified atom stereocenters. The number of amides is 1. The molecule has 1 N–H and O–H groups in total. The third kappa shape index (κ3) is 4.32. The van der Waals surface area contributed by atoms with Crippen LogP contribution in [0.25, 0.3) is 22.6 Å². The maximum absolute atomic E-state index is 12.4. The Morgan fingerprint density at radius 2 is 1.66 bits per heavy atom. The largest absolute Gasteiger partial charge is 0.463 e. The molecule has 0 radical (unpaired) electrons. The van der Waals surface area contributed by atoms with Crippen molar-refractivity contribution in [1.82, 2.24) is 15.1 Å². The van der Waals surface area contributed by atoms with Gasteiger partial charge in [-0.1, -0.05) is 42.5 Å². The summed E-state index contributed by atoms with van der Waals surface area (Å²) in [4.78, 5) is 24.4. The van der Waals surface area contributed by atoms with Crippen LogP contribution < -0.4 is 10.9 Å². The van der Waals surface area contributed by atoms with E-state index in [0.717, 1.165) is 11.1 Å². The molecule has 0 spiro atoms. The quantitative estimate of drug-likeness (QED) is 0.550. The van der Waals surface area contributed by atoms with E-state index in [-0.39, 0.29) is 24.6 Å². The van der Waals surface area contributed by atoms with Gasteiger partial charge in [-0.25, -0.2) is 4.68 Å². The highest BCUT2D eigenvalue weighted by Crippen LogP contribution is 2.19. The Balaban J connectivity index is 1.38. The van der Waals surface area contributed by atoms with Crippen LogP contribution in [0.5, 0.6) is 0 Å². The molecule has 0 saturated carbocycles. The summed E-state index contributed by atoms with van der Waals surface area (Å²) in [6, 6.07) is 24.0. The molecule has 2 aromatic heterocycles. The Labute approximate surface area is 167 Å². The van der Waals surface area contributed by atoms with Gasteiger partial charge in [0.1, 0.15) is 5.69 Å². The maximum Gasteiger partial charge on any atom is 0.266 e. The van der Waals surface area contributed by atoms with E-state index < -0.39 is 0 Å². The van der Waals surface area contributed by atoms with Crippen LogP contribution in [0.3, 0.4) is 0 Å². The van der Waals surface area contributed by atoms with Crippen molar-refractivity contribution in [1.29, 1.82) is 0 Å². The molecule has 0 atom stereocenters. The fourth-order valence-electron chi connectivity index (χ4n) is 2.99. The number of nitrogens with zero attached hydrogens (tertiary/aromatic N) is 2. The summed E-state index contributed by atoms with van der Waals surface area (Å²) in [6.45, 7) is 0.551. The van der Waals surface area contributed by atoms with E-state index in [2.05, 4.69) is 10.4 Å². The molecule has 0 saturated heterocycles. The number of rotatable bonds is 6. The Morgan fingerprint density at radius 3 is 2.38 bits per heavy atom. The maximum atomic E-state index is 12.4. The van der Waals surface area contributed by atoms with Crippen molar-refractivity contribution in [3.05, 3.63) is 101 Å². The molecule has 0 aliphatic carbocycles. The van der Waals surface area contributed by atoms with Gasteiger partial charge in [-0.05, 0) is 41.5 Å². The number of carbonyl (C=O) groups excluding carboxylic acids is 1. The van der Waals surface area contributed by atoms with Crippen molar-refractivity contribution in [3.8, 4) is 22.6 Å². The topological polar surface area (TPSA) is 77.1 Å². The lowest BCUT2D eigenvalue weighted by molar-refractivity contribution is 0.0951. The van der Waals surface area contributed by atoms with Gasteiger partial charge in [0.25, 0.3) is 11.5 Å². The van der Waals surface area contributed by atoms with Gasteiger partial charge in [-0.3, -0.25) is 9.59 Å². The molecule has 4 aromatic rings. The van der Waals surface area contributed by atoms with Gasteiger partial charge < -0.3 is 9.73 Å². The second kappa shape index (κ2) is 8.39. The molecule has 0 fully saturated rings. The molecule has 0 aliphatic rings. The van der Waals surface area contributed by atoms with Gasteiger partial charge in [0.15, 0.2) is 5.76 Å². The number of benzene rings is 2. The lowest BCUT2D eigenvalue weighted by Crippen LogP contribution is -2.31. The molecular weight excluding hydrogens is 366 g/mol. The molecule has 2 heterocycles. The van der Waals surface area contributed by atoms with Crippen LogP contribution >= 0.6 is 0 Å². The molecule has 0 aliphatic heterocycles. The van der Waals surface area contributed by atoms with Crippen LogP contribution in [0, 0.1) is 0 Å². The normalized spacial score (nSPS) is 10.6. The highest BCUT2D eigenvalue weighted by atomic mass is 16.3.